The van der Waals surface area contributed by atoms with E-state index in [1.807, 2.05) is 39.0 Å². The van der Waals surface area contributed by atoms with Gasteiger partial charge in [0, 0.05) is 29.3 Å². The SMILES string of the molecule is CCOC(=O)c1cc(C(C)C)nc(Nc2ccc(-c3ncc(C)[nH]3)c(OC)c2)n1. The van der Waals surface area contributed by atoms with Crippen LogP contribution in [-0.4, -0.2) is 39.6 Å². The molecule has 0 aliphatic carbocycles. The lowest BCUT2D eigenvalue weighted by Crippen LogP contribution is -2.11. The van der Waals surface area contributed by atoms with Gasteiger partial charge >= 0.3 is 5.97 Å². The number of aromatic amines is 1. The Morgan fingerprint density at radius 3 is 2.66 bits per heavy atom. The Balaban J connectivity index is 1.93. The number of carbonyl (C=O) groups is 1. The maximum atomic E-state index is 12.2. The van der Waals surface area contributed by atoms with Crippen molar-refractivity contribution in [1.82, 2.24) is 19.9 Å². The number of benzene rings is 1. The van der Waals surface area contributed by atoms with Crippen molar-refractivity contribution < 1.29 is 14.3 Å². The first kappa shape index (κ1) is 20.3. The Labute approximate surface area is 169 Å². The summed E-state index contributed by atoms with van der Waals surface area (Å²) in [5.41, 5.74) is 3.51. The van der Waals surface area contributed by atoms with Crippen molar-refractivity contribution in [3.05, 3.63) is 47.5 Å². The molecule has 2 heterocycles. The fraction of sp³-hybridized carbons (Fsp3) is 0.333. The second kappa shape index (κ2) is 8.72. The molecule has 2 N–H and O–H groups in total. The summed E-state index contributed by atoms with van der Waals surface area (Å²) in [4.78, 5) is 28.5. The van der Waals surface area contributed by atoms with Gasteiger partial charge in [0.05, 0.1) is 19.3 Å². The van der Waals surface area contributed by atoms with E-state index < -0.39 is 5.97 Å². The van der Waals surface area contributed by atoms with E-state index in [1.165, 1.54) is 0 Å². The van der Waals surface area contributed by atoms with Gasteiger partial charge in [0.1, 0.15) is 11.6 Å². The average molecular weight is 395 g/mol. The number of aromatic nitrogens is 4. The van der Waals surface area contributed by atoms with E-state index in [-0.39, 0.29) is 18.2 Å². The van der Waals surface area contributed by atoms with E-state index in [9.17, 15) is 4.79 Å². The van der Waals surface area contributed by atoms with Crippen LogP contribution in [0.4, 0.5) is 11.6 Å². The van der Waals surface area contributed by atoms with Crippen LogP contribution in [0, 0.1) is 6.92 Å². The number of aryl methyl sites for hydroxylation is 1. The minimum Gasteiger partial charge on any atom is -0.496 e. The third-order valence-electron chi connectivity index (χ3n) is 4.24. The molecular formula is C21H25N5O3. The van der Waals surface area contributed by atoms with Gasteiger partial charge in [-0.15, -0.1) is 0 Å². The van der Waals surface area contributed by atoms with Crippen molar-refractivity contribution in [2.24, 2.45) is 0 Å². The van der Waals surface area contributed by atoms with Crippen molar-refractivity contribution in [2.45, 2.75) is 33.6 Å². The summed E-state index contributed by atoms with van der Waals surface area (Å²) in [5, 5.41) is 3.15. The Morgan fingerprint density at radius 2 is 2.03 bits per heavy atom. The van der Waals surface area contributed by atoms with Crippen molar-refractivity contribution in [2.75, 3.05) is 19.0 Å². The van der Waals surface area contributed by atoms with Crippen molar-refractivity contribution >= 4 is 17.6 Å². The zero-order valence-electron chi connectivity index (χ0n) is 17.2. The predicted molar refractivity (Wildman–Crippen MR) is 111 cm³/mol. The van der Waals surface area contributed by atoms with Gasteiger partial charge in [0.25, 0.3) is 0 Å². The monoisotopic (exact) mass is 395 g/mol. The number of esters is 1. The van der Waals surface area contributed by atoms with Gasteiger partial charge < -0.3 is 19.8 Å². The number of methoxy groups -OCH3 is 1. The van der Waals surface area contributed by atoms with Crippen molar-refractivity contribution in [1.29, 1.82) is 0 Å². The number of rotatable bonds is 7. The zero-order valence-corrected chi connectivity index (χ0v) is 17.2. The van der Waals surface area contributed by atoms with Crippen LogP contribution in [0.15, 0.2) is 30.5 Å². The molecule has 1 aromatic carbocycles. The molecule has 3 rings (SSSR count). The topological polar surface area (TPSA) is 102 Å². The third kappa shape index (κ3) is 4.71. The van der Waals surface area contributed by atoms with Crippen LogP contribution in [0.3, 0.4) is 0 Å². The van der Waals surface area contributed by atoms with Gasteiger partial charge in [-0.05, 0) is 38.0 Å². The van der Waals surface area contributed by atoms with Crippen LogP contribution in [0.1, 0.15) is 48.6 Å². The van der Waals surface area contributed by atoms with E-state index in [1.54, 1.807) is 26.3 Å². The highest BCUT2D eigenvalue weighted by atomic mass is 16.5. The van der Waals surface area contributed by atoms with Gasteiger partial charge in [0.15, 0.2) is 5.69 Å². The van der Waals surface area contributed by atoms with Gasteiger partial charge in [-0.1, -0.05) is 13.8 Å². The fourth-order valence-electron chi connectivity index (χ4n) is 2.77. The first-order chi connectivity index (χ1) is 13.9. The molecule has 2 aromatic heterocycles. The molecule has 8 heteroatoms. The highest BCUT2D eigenvalue weighted by molar-refractivity contribution is 5.87. The van der Waals surface area contributed by atoms with Crippen LogP contribution in [0.25, 0.3) is 11.4 Å². The molecule has 152 valence electrons. The number of hydrogen-bond donors (Lipinski definition) is 2. The first-order valence-corrected chi connectivity index (χ1v) is 9.44. The standard InChI is InChI=1S/C21H25N5O3/c1-6-29-20(27)17-10-16(12(2)3)25-21(26-17)24-14-7-8-15(18(9-14)28-5)19-22-11-13(4)23-19/h7-12H,6H2,1-5H3,(H,22,23)(H,24,25,26). The number of hydrogen-bond acceptors (Lipinski definition) is 7. The summed E-state index contributed by atoms with van der Waals surface area (Å²) in [6, 6.07) is 7.28. The Bertz CT molecular complexity index is 1010. The Morgan fingerprint density at radius 1 is 1.24 bits per heavy atom. The highest BCUT2D eigenvalue weighted by Gasteiger charge is 2.16. The smallest absolute Gasteiger partial charge is 0.357 e. The summed E-state index contributed by atoms with van der Waals surface area (Å²) >= 11 is 0. The molecular weight excluding hydrogens is 370 g/mol. The molecule has 0 amide bonds. The third-order valence-corrected chi connectivity index (χ3v) is 4.24. The lowest BCUT2D eigenvalue weighted by atomic mass is 10.1. The fourth-order valence-corrected chi connectivity index (χ4v) is 2.77. The van der Waals surface area contributed by atoms with Crippen LogP contribution in [0.2, 0.25) is 0 Å². The lowest BCUT2D eigenvalue weighted by molar-refractivity contribution is 0.0519. The van der Waals surface area contributed by atoms with Gasteiger partial charge in [-0.25, -0.2) is 19.7 Å². The molecule has 0 bridgehead atoms. The van der Waals surface area contributed by atoms with Crippen LogP contribution >= 0.6 is 0 Å². The minimum absolute atomic E-state index is 0.130. The number of H-pyrrole nitrogens is 1. The maximum Gasteiger partial charge on any atom is 0.357 e. The van der Waals surface area contributed by atoms with E-state index in [2.05, 4.69) is 25.3 Å². The summed E-state index contributed by atoms with van der Waals surface area (Å²) in [6.45, 7) is 8.00. The maximum absolute atomic E-state index is 12.2. The van der Waals surface area contributed by atoms with E-state index >= 15 is 0 Å². The molecule has 29 heavy (non-hydrogen) atoms. The van der Waals surface area contributed by atoms with Crippen LogP contribution < -0.4 is 10.1 Å². The minimum atomic E-state index is -0.471. The van der Waals surface area contributed by atoms with Crippen molar-refractivity contribution in [3.63, 3.8) is 0 Å². The number of anilines is 2. The van der Waals surface area contributed by atoms with E-state index in [0.29, 0.717) is 11.7 Å². The summed E-state index contributed by atoms with van der Waals surface area (Å²) in [5.74, 6) is 1.36. The molecule has 8 nitrogen and oxygen atoms in total. The summed E-state index contributed by atoms with van der Waals surface area (Å²) in [6.07, 6.45) is 1.77. The molecule has 0 radical (unpaired) electrons. The van der Waals surface area contributed by atoms with Gasteiger partial charge in [0.2, 0.25) is 5.95 Å². The molecule has 0 unspecified atom stereocenters. The second-order valence-corrected chi connectivity index (χ2v) is 6.83. The van der Waals surface area contributed by atoms with Crippen LogP contribution in [0.5, 0.6) is 5.75 Å². The molecule has 0 aliphatic heterocycles. The van der Waals surface area contributed by atoms with E-state index in [4.69, 9.17) is 9.47 Å². The molecule has 0 fully saturated rings. The van der Waals surface area contributed by atoms with Crippen molar-refractivity contribution in [3.8, 4) is 17.1 Å². The number of nitrogens with one attached hydrogen (secondary N) is 2. The van der Waals surface area contributed by atoms with E-state index in [0.717, 1.165) is 28.5 Å². The average Bonchev–Trinajstić information content (AvgIpc) is 3.13. The largest absolute Gasteiger partial charge is 0.496 e. The lowest BCUT2D eigenvalue weighted by Gasteiger charge is -2.13. The predicted octanol–water partition coefficient (Wildman–Crippen LogP) is 4.23. The number of nitrogens with zero attached hydrogens (tertiary/aromatic N) is 3. The van der Waals surface area contributed by atoms with Gasteiger partial charge in [-0.2, -0.15) is 0 Å². The molecule has 0 atom stereocenters. The number of ether oxygens (including phenoxy) is 2. The molecule has 0 saturated heterocycles. The first-order valence-electron chi connectivity index (χ1n) is 9.44. The second-order valence-electron chi connectivity index (χ2n) is 6.83. The molecule has 3 aromatic rings. The number of carbonyl (C=O) groups excluding carboxylic acids is 1. The molecule has 0 spiro atoms. The molecule has 0 aliphatic rings. The molecule has 0 saturated carbocycles. The van der Waals surface area contributed by atoms with Crippen LogP contribution in [-0.2, 0) is 4.74 Å². The highest BCUT2D eigenvalue weighted by Crippen LogP contribution is 2.31. The summed E-state index contributed by atoms with van der Waals surface area (Å²) < 4.78 is 10.6. The quantitative estimate of drug-likeness (QED) is 0.577. The Hall–Kier alpha value is -3.42. The summed E-state index contributed by atoms with van der Waals surface area (Å²) in [7, 11) is 1.60. The Kier molecular flexibility index (Phi) is 6.11. The van der Waals surface area contributed by atoms with Gasteiger partial charge in [-0.3, -0.25) is 0 Å². The normalized spacial score (nSPS) is 10.8. The zero-order chi connectivity index (χ0) is 21.0. The number of imidazole rings is 1.